The SMILES string of the molecule is CN1CCC(Nc2nc(Cl)nc(-n3cncn3)n2)CC1. The Morgan fingerprint density at radius 3 is 2.75 bits per heavy atom. The molecule has 1 saturated heterocycles. The molecule has 2 aromatic heterocycles. The number of piperidine rings is 1. The lowest BCUT2D eigenvalue weighted by atomic mass is 10.1. The van der Waals surface area contributed by atoms with E-state index in [1.54, 1.807) is 0 Å². The molecule has 1 aliphatic heterocycles. The number of anilines is 1. The molecule has 9 heteroatoms. The van der Waals surface area contributed by atoms with Gasteiger partial charge in [0.2, 0.25) is 11.2 Å². The van der Waals surface area contributed by atoms with Crippen LogP contribution >= 0.6 is 11.6 Å². The third-order valence-electron chi connectivity index (χ3n) is 3.27. The van der Waals surface area contributed by atoms with E-state index in [0.717, 1.165) is 25.9 Å². The van der Waals surface area contributed by atoms with E-state index in [0.29, 0.717) is 17.9 Å². The van der Waals surface area contributed by atoms with Crippen molar-refractivity contribution in [3.8, 4) is 5.95 Å². The van der Waals surface area contributed by atoms with E-state index in [4.69, 9.17) is 11.6 Å². The van der Waals surface area contributed by atoms with E-state index in [1.165, 1.54) is 17.3 Å². The maximum atomic E-state index is 5.94. The molecule has 0 spiro atoms. The van der Waals surface area contributed by atoms with Crippen LogP contribution < -0.4 is 5.32 Å². The highest BCUT2D eigenvalue weighted by atomic mass is 35.5. The first-order valence-corrected chi connectivity index (χ1v) is 6.80. The molecule has 1 fully saturated rings. The Labute approximate surface area is 121 Å². The number of hydrogen-bond acceptors (Lipinski definition) is 7. The zero-order chi connectivity index (χ0) is 13.9. The Bertz CT molecular complexity index is 564. The number of nitrogens with one attached hydrogen (secondary N) is 1. The Hall–Kier alpha value is -1.80. The fourth-order valence-corrected chi connectivity index (χ4v) is 2.31. The van der Waals surface area contributed by atoms with Crippen LogP contribution in [0.4, 0.5) is 5.95 Å². The Morgan fingerprint density at radius 1 is 1.25 bits per heavy atom. The van der Waals surface area contributed by atoms with Gasteiger partial charge in [-0.1, -0.05) is 0 Å². The van der Waals surface area contributed by atoms with Gasteiger partial charge in [-0.25, -0.2) is 4.98 Å². The molecule has 0 atom stereocenters. The van der Waals surface area contributed by atoms with Crippen LogP contribution in [0.3, 0.4) is 0 Å². The van der Waals surface area contributed by atoms with Gasteiger partial charge in [-0.05, 0) is 44.6 Å². The van der Waals surface area contributed by atoms with Gasteiger partial charge >= 0.3 is 0 Å². The van der Waals surface area contributed by atoms with Crippen LogP contribution in [-0.2, 0) is 0 Å². The summed E-state index contributed by atoms with van der Waals surface area (Å²) < 4.78 is 1.45. The summed E-state index contributed by atoms with van der Waals surface area (Å²) in [5.74, 6) is 0.836. The zero-order valence-electron chi connectivity index (χ0n) is 11.1. The van der Waals surface area contributed by atoms with E-state index in [2.05, 4.69) is 42.3 Å². The molecule has 8 nitrogen and oxygen atoms in total. The largest absolute Gasteiger partial charge is 0.351 e. The van der Waals surface area contributed by atoms with Crippen molar-refractivity contribution in [3.05, 3.63) is 17.9 Å². The molecule has 0 amide bonds. The van der Waals surface area contributed by atoms with Crippen molar-refractivity contribution in [2.45, 2.75) is 18.9 Å². The average Bonchev–Trinajstić information content (AvgIpc) is 2.95. The lowest BCUT2D eigenvalue weighted by Crippen LogP contribution is -2.37. The molecule has 0 aromatic carbocycles. The summed E-state index contributed by atoms with van der Waals surface area (Å²) in [6.07, 6.45) is 5.05. The molecule has 1 aliphatic rings. The van der Waals surface area contributed by atoms with E-state index in [1.807, 2.05) is 0 Å². The van der Waals surface area contributed by atoms with Crippen molar-refractivity contribution in [2.24, 2.45) is 0 Å². The van der Waals surface area contributed by atoms with E-state index >= 15 is 0 Å². The molecule has 3 heterocycles. The predicted molar refractivity (Wildman–Crippen MR) is 73.9 cm³/mol. The van der Waals surface area contributed by atoms with Gasteiger partial charge in [0.1, 0.15) is 12.7 Å². The minimum absolute atomic E-state index is 0.140. The van der Waals surface area contributed by atoms with Crippen molar-refractivity contribution >= 4 is 17.5 Å². The summed E-state index contributed by atoms with van der Waals surface area (Å²) in [5, 5.41) is 7.43. The molecule has 106 valence electrons. The third-order valence-corrected chi connectivity index (χ3v) is 3.44. The normalized spacial score (nSPS) is 17.3. The highest BCUT2D eigenvalue weighted by Gasteiger charge is 2.18. The molecule has 2 aromatic rings. The van der Waals surface area contributed by atoms with Gasteiger partial charge in [0.15, 0.2) is 0 Å². The van der Waals surface area contributed by atoms with Crippen LogP contribution in [0.1, 0.15) is 12.8 Å². The van der Waals surface area contributed by atoms with Crippen LogP contribution in [0.5, 0.6) is 0 Å². The van der Waals surface area contributed by atoms with Gasteiger partial charge in [0.25, 0.3) is 5.95 Å². The average molecular weight is 295 g/mol. The Morgan fingerprint density at radius 2 is 2.05 bits per heavy atom. The minimum Gasteiger partial charge on any atom is -0.351 e. The fraction of sp³-hybridized carbons (Fsp3) is 0.545. The van der Waals surface area contributed by atoms with Crippen LogP contribution in [0.25, 0.3) is 5.95 Å². The van der Waals surface area contributed by atoms with Crippen molar-refractivity contribution in [3.63, 3.8) is 0 Å². The van der Waals surface area contributed by atoms with Gasteiger partial charge in [-0.2, -0.15) is 24.7 Å². The zero-order valence-corrected chi connectivity index (χ0v) is 11.8. The smallest absolute Gasteiger partial charge is 0.258 e. The Kier molecular flexibility index (Phi) is 3.75. The first kappa shape index (κ1) is 13.2. The highest BCUT2D eigenvalue weighted by molar-refractivity contribution is 6.28. The summed E-state index contributed by atoms with van der Waals surface area (Å²) in [6.45, 7) is 2.12. The molecule has 20 heavy (non-hydrogen) atoms. The molecular weight excluding hydrogens is 280 g/mol. The van der Waals surface area contributed by atoms with Crippen molar-refractivity contribution in [1.82, 2.24) is 34.6 Å². The lowest BCUT2D eigenvalue weighted by Gasteiger charge is -2.29. The van der Waals surface area contributed by atoms with E-state index in [-0.39, 0.29) is 5.28 Å². The number of halogens is 1. The first-order valence-electron chi connectivity index (χ1n) is 6.42. The number of likely N-dealkylation sites (tertiary alicyclic amines) is 1. The van der Waals surface area contributed by atoms with Crippen LogP contribution in [-0.4, -0.2) is 60.8 Å². The predicted octanol–water partition coefficient (Wildman–Crippen LogP) is 0.612. The second-order valence-corrected chi connectivity index (χ2v) is 5.13. The number of nitrogens with zero attached hydrogens (tertiary/aromatic N) is 7. The molecule has 0 unspecified atom stereocenters. The molecule has 0 saturated carbocycles. The second-order valence-electron chi connectivity index (χ2n) is 4.79. The lowest BCUT2D eigenvalue weighted by molar-refractivity contribution is 0.263. The summed E-state index contributed by atoms with van der Waals surface area (Å²) in [7, 11) is 2.12. The van der Waals surface area contributed by atoms with Crippen LogP contribution in [0, 0.1) is 0 Å². The second kappa shape index (κ2) is 5.68. The number of rotatable bonds is 3. The van der Waals surface area contributed by atoms with E-state index in [9.17, 15) is 0 Å². The van der Waals surface area contributed by atoms with Gasteiger partial charge in [-0.3, -0.25) is 0 Å². The van der Waals surface area contributed by atoms with E-state index < -0.39 is 0 Å². The third kappa shape index (κ3) is 3.02. The monoisotopic (exact) mass is 294 g/mol. The summed E-state index contributed by atoms with van der Waals surface area (Å²) >= 11 is 5.94. The summed E-state index contributed by atoms with van der Waals surface area (Å²) in [4.78, 5) is 18.6. The number of hydrogen-bond donors (Lipinski definition) is 1. The van der Waals surface area contributed by atoms with Crippen molar-refractivity contribution < 1.29 is 0 Å². The molecule has 0 bridgehead atoms. The minimum atomic E-state index is 0.140. The summed E-state index contributed by atoms with van der Waals surface area (Å²) in [5.41, 5.74) is 0. The topological polar surface area (TPSA) is 84.6 Å². The number of aromatic nitrogens is 6. The van der Waals surface area contributed by atoms with Crippen LogP contribution in [0.2, 0.25) is 5.28 Å². The van der Waals surface area contributed by atoms with Crippen LogP contribution in [0.15, 0.2) is 12.7 Å². The van der Waals surface area contributed by atoms with Gasteiger partial charge in [0, 0.05) is 6.04 Å². The van der Waals surface area contributed by atoms with Gasteiger partial charge in [-0.15, -0.1) is 0 Å². The van der Waals surface area contributed by atoms with Crippen molar-refractivity contribution in [1.29, 1.82) is 0 Å². The standard InChI is InChI=1S/C11H15ClN8/c1-19-4-2-8(3-5-19)15-10-16-9(12)17-11(18-10)20-7-13-6-14-20/h6-8H,2-5H2,1H3,(H,15,16,17,18). The summed E-state index contributed by atoms with van der Waals surface area (Å²) in [6, 6.07) is 0.355. The quantitative estimate of drug-likeness (QED) is 0.888. The molecule has 3 rings (SSSR count). The molecule has 0 radical (unpaired) electrons. The van der Waals surface area contributed by atoms with Gasteiger partial charge < -0.3 is 10.2 Å². The maximum absolute atomic E-state index is 5.94. The maximum Gasteiger partial charge on any atom is 0.258 e. The molecule has 1 N–H and O–H groups in total. The highest BCUT2D eigenvalue weighted by Crippen LogP contribution is 2.15. The fourth-order valence-electron chi connectivity index (χ4n) is 2.15. The Balaban J connectivity index is 1.76. The van der Waals surface area contributed by atoms with Gasteiger partial charge in [0.05, 0.1) is 0 Å². The molecular formula is C11H15ClN8. The van der Waals surface area contributed by atoms with Crippen molar-refractivity contribution in [2.75, 3.05) is 25.5 Å². The molecule has 0 aliphatic carbocycles. The first-order chi connectivity index (χ1) is 9.70.